The number of ether oxygens (including phenoxy) is 2. The Hall–Kier alpha value is -1.98. The summed E-state index contributed by atoms with van der Waals surface area (Å²) in [6, 6.07) is 6.01. The van der Waals surface area contributed by atoms with Gasteiger partial charge < -0.3 is 20.1 Å². The number of nitrogens with zero attached hydrogens (tertiary/aromatic N) is 2. The molecule has 7 nitrogen and oxygen atoms in total. The first-order valence-corrected chi connectivity index (χ1v) is 8.91. The van der Waals surface area contributed by atoms with Crippen LogP contribution in [0, 0.1) is 0 Å². The molecule has 0 radical (unpaired) electrons. The lowest BCUT2D eigenvalue weighted by Gasteiger charge is -2.11. The number of anilines is 2. The van der Waals surface area contributed by atoms with Crippen LogP contribution in [-0.2, 0) is 9.53 Å². The first kappa shape index (κ1) is 19.3. The number of carbonyl (C=O) groups excluding carboxylic acids is 1. The van der Waals surface area contributed by atoms with Crippen LogP contribution < -0.4 is 15.4 Å². The van der Waals surface area contributed by atoms with Gasteiger partial charge in [-0.1, -0.05) is 35.2 Å². The van der Waals surface area contributed by atoms with Crippen LogP contribution in [0.15, 0.2) is 28.6 Å². The molecule has 11 heteroatoms. The standard InChI is InChI=1S/C14H16F2N4O3S2/c1-22-7-6-17-13-19-20-14(25-13)24-8-11(21)18-9-4-2-3-5-10(9)23-12(15)16/h2-5,12H,6-8H2,1H3,(H,17,19)(H,18,21). The molecule has 1 aromatic carbocycles. The zero-order chi connectivity index (χ0) is 18.1. The molecule has 2 aromatic rings. The van der Waals surface area contributed by atoms with E-state index in [1.54, 1.807) is 19.2 Å². The molecule has 0 aliphatic heterocycles. The number of hydrogen-bond acceptors (Lipinski definition) is 8. The van der Waals surface area contributed by atoms with Gasteiger partial charge >= 0.3 is 6.61 Å². The molecule has 1 aromatic heterocycles. The fourth-order valence-corrected chi connectivity index (χ4v) is 3.26. The lowest BCUT2D eigenvalue weighted by Crippen LogP contribution is -2.15. The lowest BCUT2D eigenvalue weighted by molar-refractivity contribution is -0.113. The molecule has 25 heavy (non-hydrogen) atoms. The van der Waals surface area contributed by atoms with Gasteiger partial charge in [0, 0.05) is 13.7 Å². The highest BCUT2D eigenvalue weighted by molar-refractivity contribution is 8.01. The highest BCUT2D eigenvalue weighted by Gasteiger charge is 2.13. The van der Waals surface area contributed by atoms with Gasteiger partial charge in [-0.2, -0.15) is 8.78 Å². The first-order chi connectivity index (χ1) is 12.1. The van der Waals surface area contributed by atoms with E-state index >= 15 is 0 Å². The Kier molecular flexibility index (Phi) is 7.82. The molecule has 2 N–H and O–H groups in total. The fraction of sp³-hybridized carbons (Fsp3) is 0.357. The second kappa shape index (κ2) is 10.1. The van der Waals surface area contributed by atoms with Crippen molar-refractivity contribution in [2.24, 2.45) is 0 Å². The van der Waals surface area contributed by atoms with E-state index in [9.17, 15) is 13.6 Å². The van der Waals surface area contributed by atoms with Gasteiger partial charge in [0.05, 0.1) is 18.0 Å². The van der Waals surface area contributed by atoms with Gasteiger partial charge in [-0.05, 0) is 12.1 Å². The van der Waals surface area contributed by atoms with Crippen molar-refractivity contribution in [1.29, 1.82) is 0 Å². The number of para-hydroxylation sites is 2. The van der Waals surface area contributed by atoms with Crippen LogP contribution in [0.5, 0.6) is 5.75 Å². The van der Waals surface area contributed by atoms with Crippen LogP contribution in [0.25, 0.3) is 0 Å². The average Bonchev–Trinajstić information content (AvgIpc) is 3.02. The third kappa shape index (κ3) is 6.80. The van der Waals surface area contributed by atoms with Crippen LogP contribution in [-0.4, -0.2) is 48.7 Å². The molecule has 0 spiro atoms. The van der Waals surface area contributed by atoms with Crippen molar-refractivity contribution in [2.75, 3.05) is 36.6 Å². The Morgan fingerprint density at radius 1 is 1.36 bits per heavy atom. The molecule has 1 heterocycles. The number of aromatic nitrogens is 2. The molecule has 0 aliphatic carbocycles. The minimum absolute atomic E-state index is 0.0652. The topological polar surface area (TPSA) is 85.4 Å². The predicted molar refractivity (Wildman–Crippen MR) is 92.7 cm³/mol. The van der Waals surface area contributed by atoms with Crippen molar-refractivity contribution < 1.29 is 23.0 Å². The Labute approximate surface area is 151 Å². The molecule has 1 amide bonds. The molecule has 136 valence electrons. The quantitative estimate of drug-likeness (QED) is 0.477. The summed E-state index contributed by atoms with van der Waals surface area (Å²) in [5.74, 6) is -0.383. The number of carbonyl (C=O) groups is 1. The summed E-state index contributed by atoms with van der Waals surface area (Å²) in [6.07, 6.45) is 0. The summed E-state index contributed by atoms with van der Waals surface area (Å²) in [6.45, 7) is -1.81. The van der Waals surface area contributed by atoms with E-state index in [-0.39, 0.29) is 23.1 Å². The highest BCUT2D eigenvalue weighted by atomic mass is 32.2. The van der Waals surface area contributed by atoms with Gasteiger partial charge in [0.25, 0.3) is 0 Å². The van der Waals surface area contributed by atoms with E-state index in [1.165, 1.54) is 35.2 Å². The zero-order valence-electron chi connectivity index (χ0n) is 13.2. The van der Waals surface area contributed by atoms with Crippen LogP contribution in [0.1, 0.15) is 0 Å². The predicted octanol–water partition coefficient (Wildman–Crippen LogP) is 2.93. The van der Waals surface area contributed by atoms with Gasteiger partial charge in [0.2, 0.25) is 11.0 Å². The molecule has 0 saturated carbocycles. The van der Waals surface area contributed by atoms with Crippen molar-refractivity contribution >= 4 is 39.8 Å². The van der Waals surface area contributed by atoms with Gasteiger partial charge in [-0.25, -0.2) is 0 Å². The van der Waals surface area contributed by atoms with Gasteiger partial charge in [0.1, 0.15) is 5.75 Å². The third-order valence-corrected chi connectivity index (χ3v) is 4.71. The fourth-order valence-electron chi connectivity index (χ4n) is 1.68. The zero-order valence-corrected chi connectivity index (χ0v) is 14.8. The summed E-state index contributed by atoms with van der Waals surface area (Å²) in [4.78, 5) is 12.0. The summed E-state index contributed by atoms with van der Waals surface area (Å²) in [5, 5.41) is 14.1. The van der Waals surface area contributed by atoms with E-state index in [0.717, 1.165) is 0 Å². The minimum Gasteiger partial charge on any atom is -0.433 e. The summed E-state index contributed by atoms with van der Waals surface area (Å²) < 4.78 is 34.6. The largest absolute Gasteiger partial charge is 0.433 e. The number of hydrogen-bond donors (Lipinski definition) is 2. The number of methoxy groups -OCH3 is 1. The molecule has 0 atom stereocenters. The number of nitrogens with one attached hydrogen (secondary N) is 2. The Bertz CT molecular complexity index is 688. The molecule has 0 bridgehead atoms. The van der Waals surface area contributed by atoms with Crippen LogP contribution in [0.2, 0.25) is 0 Å². The number of benzene rings is 1. The average molecular weight is 390 g/mol. The molecule has 0 aliphatic rings. The van der Waals surface area contributed by atoms with Crippen molar-refractivity contribution in [3.63, 3.8) is 0 Å². The maximum Gasteiger partial charge on any atom is 0.387 e. The van der Waals surface area contributed by atoms with Crippen molar-refractivity contribution in [1.82, 2.24) is 10.2 Å². The second-order valence-electron chi connectivity index (χ2n) is 4.50. The molecule has 2 rings (SSSR count). The SMILES string of the molecule is COCCNc1nnc(SCC(=O)Nc2ccccc2OC(F)F)s1. The van der Waals surface area contributed by atoms with Gasteiger partial charge in [-0.15, -0.1) is 10.2 Å². The number of halogens is 2. The molecular formula is C14H16F2N4O3S2. The van der Waals surface area contributed by atoms with E-state index < -0.39 is 6.61 Å². The third-order valence-electron chi connectivity index (χ3n) is 2.69. The smallest absolute Gasteiger partial charge is 0.387 e. The molecular weight excluding hydrogens is 374 g/mol. The van der Waals surface area contributed by atoms with Crippen molar-refractivity contribution in [3.05, 3.63) is 24.3 Å². The minimum atomic E-state index is -2.96. The van der Waals surface area contributed by atoms with Crippen molar-refractivity contribution in [3.8, 4) is 5.75 Å². The Morgan fingerprint density at radius 2 is 2.16 bits per heavy atom. The van der Waals surface area contributed by atoms with E-state index in [2.05, 4.69) is 25.6 Å². The van der Waals surface area contributed by atoms with Crippen LogP contribution in [0.3, 0.4) is 0 Å². The molecule has 0 fully saturated rings. The normalized spacial score (nSPS) is 10.7. The Balaban J connectivity index is 1.83. The molecule has 0 unspecified atom stereocenters. The number of alkyl halides is 2. The van der Waals surface area contributed by atoms with Crippen LogP contribution >= 0.6 is 23.1 Å². The van der Waals surface area contributed by atoms with E-state index in [1.807, 2.05) is 0 Å². The van der Waals surface area contributed by atoms with E-state index in [0.29, 0.717) is 22.6 Å². The van der Waals surface area contributed by atoms with Crippen molar-refractivity contribution in [2.45, 2.75) is 11.0 Å². The molecule has 0 saturated heterocycles. The van der Waals surface area contributed by atoms with Gasteiger partial charge in [0.15, 0.2) is 4.34 Å². The summed E-state index contributed by atoms with van der Waals surface area (Å²) >= 11 is 2.51. The summed E-state index contributed by atoms with van der Waals surface area (Å²) in [7, 11) is 1.60. The first-order valence-electron chi connectivity index (χ1n) is 7.11. The van der Waals surface area contributed by atoms with Crippen LogP contribution in [0.4, 0.5) is 19.6 Å². The second-order valence-corrected chi connectivity index (χ2v) is 6.70. The lowest BCUT2D eigenvalue weighted by atomic mass is 10.3. The number of amides is 1. The monoisotopic (exact) mass is 390 g/mol. The van der Waals surface area contributed by atoms with Gasteiger partial charge in [-0.3, -0.25) is 4.79 Å². The number of rotatable bonds is 10. The summed E-state index contributed by atoms with van der Waals surface area (Å²) in [5.41, 5.74) is 0.188. The highest BCUT2D eigenvalue weighted by Crippen LogP contribution is 2.27. The Morgan fingerprint density at radius 3 is 2.92 bits per heavy atom. The number of thioether (sulfide) groups is 1. The maximum absolute atomic E-state index is 12.4. The maximum atomic E-state index is 12.4. The van der Waals surface area contributed by atoms with E-state index in [4.69, 9.17) is 4.74 Å².